The average Bonchev–Trinajstić information content (AvgIpc) is 3.23. The number of hydrogen-bond donors (Lipinski definition) is 1. The average molecular weight is 326 g/mol. The minimum absolute atomic E-state index is 0.143. The molecule has 3 rings (SSSR count). The number of hydrogen-bond acceptors (Lipinski definition) is 3. The molecule has 1 fully saturated rings. The van der Waals surface area contributed by atoms with Crippen LogP contribution in [0, 0.1) is 0 Å². The van der Waals surface area contributed by atoms with E-state index in [1.165, 1.54) is 0 Å². The molecule has 126 valence electrons. The third-order valence-corrected chi connectivity index (χ3v) is 4.43. The van der Waals surface area contributed by atoms with E-state index < -0.39 is 0 Å². The Kier molecular flexibility index (Phi) is 4.64. The first kappa shape index (κ1) is 16.2. The molecule has 1 saturated heterocycles. The SMILES string of the molecule is CCC(C)n1nccc1NC(=O)c1ccc(N2CCCC2=O)cc1. The highest BCUT2D eigenvalue weighted by Crippen LogP contribution is 2.22. The lowest BCUT2D eigenvalue weighted by Crippen LogP contribution is -2.23. The summed E-state index contributed by atoms with van der Waals surface area (Å²) in [6.45, 7) is 4.89. The van der Waals surface area contributed by atoms with Crippen molar-refractivity contribution in [1.82, 2.24) is 9.78 Å². The summed E-state index contributed by atoms with van der Waals surface area (Å²) in [6.07, 6.45) is 4.11. The van der Waals surface area contributed by atoms with Gasteiger partial charge < -0.3 is 10.2 Å². The number of rotatable bonds is 5. The van der Waals surface area contributed by atoms with Crippen molar-refractivity contribution in [3.05, 3.63) is 42.1 Å². The number of nitrogens with one attached hydrogen (secondary N) is 1. The normalized spacial score (nSPS) is 15.6. The van der Waals surface area contributed by atoms with Crippen molar-refractivity contribution in [1.29, 1.82) is 0 Å². The van der Waals surface area contributed by atoms with Crippen LogP contribution in [0.4, 0.5) is 11.5 Å². The Balaban J connectivity index is 1.72. The molecule has 0 aliphatic carbocycles. The molecule has 2 heterocycles. The molecular formula is C18H22N4O2. The van der Waals surface area contributed by atoms with Crippen LogP contribution in [0.15, 0.2) is 36.5 Å². The van der Waals surface area contributed by atoms with Crippen LogP contribution in [0.5, 0.6) is 0 Å². The number of benzene rings is 1. The largest absolute Gasteiger partial charge is 0.312 e. The summed E-state index contributed by atoms with van der Waals surface area (Å²) in [5.74, 6) is 0.650. The second kappa shape index (κ2) is 6.86. The molecule has 2 amide bonds. The van der Waals surface area contributed by atoms with Crippen molar-refractivity contribution in [2.75, 3.05) is 16.8 Å². The molecule has 1 aromatic heterocycles. The Morgan fingerprint density at radius 3 is 2.67 bits per heavy atom. The summed E-state index contributed by atoms with van der Waals surface area (Å²) in [6, 6.07) is 9.16. The monoisotopic (exact) mass is 326 g/mol. The number of aromatic nitrogens is 2. The maximum Gasteiger partial charge on any atom is 0.256 e. The third kappa shape index (κ3) is 3.18. The van der Waals surface area contributed by atoms with Crippen molar-refractivity contribution in [3.8, 4) is 0 Å². The van der Waals surface area contributed by atoms with Gasteiger partial charge in [-0.25, -0.2) is 4.68 Å². The van der Waals surface area contributed by atoms with Crippen LogP contribution in [-0.2, 0) is 4.79 Å². The molecule has 1 N–H and O–H groups in total. The van der Waals surface area contributed by atoms with Crippen LogP contribution < -0.4 is 10.2 Å². The lowest BCUT2D eigenvalue weighted by atomic mass is 10.2. The highest BCUT2D eigenvalue weighted by Gasteiger charge is 2.21. The maximum atomic E-state index is 12.4. The quantitative estimate of drug-likeness (QED) is 0.917. The number of carbonyl (C=O) groups is 2. The first-order valence-corrected chi connectivity index (χ1v) is 8.35. The van der Waals surface area contributed by atoms with E-state index in [1.807, 2.05) is 16.8 Å². The molecule has 6 nitrogen and oxygen atoms in total. The molecule has 1 unspecified atom stereocenters. The topological polar surface area (TPSA) is 67.2 Å². The molecule has 0 bridgehead atoms. The fraction of sp³-hybridized carbons (Fsp3) is 0.389. The standard InChI is InChI=1S/C18H22N4O2/c1-3-13(2)22-16(10-11-19-22)20-18(24)14-6-8-15(9-7-14)21-12-4-5-17(21)23/h6-11,13H,3-5,12H2,1-2H3,(H,20,24). The van der Waals surface area contributed by atoms with Crippen LogP contribution in [0.3, 0.4) is 0 Å². The van der Waals surface area contributed by atoms with Crippen LogP contribution >= 0.6 is 0 Å². The highest BCUT2D eigenvalue weighted by molar-refractivity contribution is 6.04. The van der Waals surface area contributed by atoms with E-state index in [9.17, 15) is 9.59 Å². The first-order valence-electron chi connectivity index (χ1n) is 8.35. The molecule has 0 radical (unpaired) electrons. The summed E-state index contributed by atoms with van der Waals surface area (Å²) in [5.41, 5.74) is 1.40. The predicted octanol–water partition coefficient (Wildman–Crippen LogP) is 3.23. The van der Waals surface area contributed by atoms with Gasteiger partial charge in [-0.15, -0.1) is 0 Å². The zero-order valence-electron chi connectivity index (χ0n) is 14.0. The van der Waals surface area contributed by atoms with Gasteiger partial charge in [0.1, 0.15) is 5.82 Å². The van der Waals surface area contributed by atoms with Crippen molar-refractivity contribution >= 4 is 23.3 Å². The molecule has 1 atom stereocenters. The Labute approximate surface area is 141 Å². The lowest BCUT2D eigenvalue weighted by molar-refractivity contribution is -0.117. The minimum atomic E-state index is -0.181. The van der Waals surface area contributed by atoms with E-state index in [-0.39, 0.29) is 17.9 Å². The van der Waals surface area contributed by atoms with Crippen molar-refractivity contribution in [3.63, 3.8) is 0 Å². The number of carbonyl (C=O) groups excluding carboxylic acids is 2. The van der Waals surface area contributed by atoms with Crippen LogP contribution in [0.25, 0.3) is 0 Å². The van der Waals surface area contributed by atoms with Gasteiger partial charge in [0.2, 0.25) is 5.91 Å². The van der Waals surface area contributed by atoms with Gasteiger partial charge in [0.15, 0.2) is 0 Å². The van der Waals surface area contributed by atoms with Crippen molar-refractivity contribution in [2.24, 2.45) is 0 Å². The number of nitrogens with zero attached hydrogens (tertiary/aromatic N) is 3. The Hall–Kier alpha value is -2.63. The van der Waals surface area contributed by atoms with Crippen LogP contribution in [0.1, 0.15) is 49.5 Å². The molecule has 0 spiro atoms. The molecule has 0 saturated carbocycles. The summed E-state index contributed by atoms with van der Waals surface area (Å²) in [4.78, 5) is 26.0. The number of amides is 2. The maximum absolute atomic E-state index is 12.4. The van der Waals surface area contributed by atoms with Gasteiger partial charge in [-0.2, -0.15) is 5.10 Å². The smallest absolute Gasteiger partial charge is 0.256 e. The van der Waals surface area contributed by atoms with Gasteiger partial charge in [0.25, 0.3) is 5.91 Å². The van der Waals surface area contributed by atoms with Gasteiger partial charge in [-0.3, -0.25) is 9.59 Å². The highest BCUT2D eigenvalue weighted by atomic mass is 16.2. The van der Waals surface area contributed by atoms with Gasteiger partial charge in [0.05, 0.1) is 12.2 Å². The molecular weight excluding hydrogens is 304 g/mol. The van der Waals surface area contributed by atoms with E-state index in [4.69, 9.17) is 0 Å². The Bertz CT molecular complexity index is 736. The van der Waals surface area contributed by atoms with Gasteiger partial charge in [-0.1, -0.05) is 6.92 Å². The first-order chi connectivity index (χ1) is 11.6. The van der Waals surface area contributed by atoms with E-state index in [0.29, 0.717) is 17.8 Å². The fourth-order valence-electron chi connectivity index (χ4n) is 2.84. The van der Waals surface area contributed by atoms with E-state index >= 15 is 0 Å². The second-order valence-corrected chi connectivity index (χ2v) is 6.07. The Morgan fingerprint density at radius 2 is 2.04 bits per heavy atom. The fourth-order valence-corrected chi connectivity index (χ4v) is 2.84. The molecule has 2 aromatic rings. The summed E-state index contributed by atoms with van der Waals surface area (Å²) in [5, 5.41) is 7.17. The summed E-state index contributed by atoms with van der Waals surface area (Å²) in [7, 11) is 0. The summed E-state index contributed by atoms with van der Waals surface area (Å²) < 4.78 is 1.81. The molecule has 6 heteroatoms. The zero-order valence-corrected chi connectivity index (χ0v) is 14.0. The van der Waals surface area contributed by atoms with Crippen LogP contribution in [-0.4, -0.2) is 28.1 Å². The third-order valence-electron chi connectivity index (χ3n) is 4.43. The number of anilines is 2. The molecule has 1 aliphatic heterocycles. The molecule has 1 aromatic carbocycles. The molecule has 24 heavy (non-hydrogen) atoms. The second-order valence-electron chi connectivity index (χ2n) is 6.07. The van der Waals surface area contributed by atoms with Crippen molar-refractivity contribution < 1.29 is 9.59 Å². The van der Waals surface area contributed by atoms with Gasteiger partial charge in [-0.05, 0) is 44.0 Å². The van der Waals surface area contributed by atoms with E-state index in [0.717, 1.165) is 25.1 Å². The molecule has 1 aliphatic rings. The van der Waals surface area contributed by atoms with Gasteiger partial charge >= 0.3 is 0 Å². The predicted molar refractivity (Wildman–Crippen MR) is 93.2 cm³/mol. The van der Waals surface area contributed by atoms with Crippen LogP contribution in [0.2, 0.25) is 0 Å². The van der Waals surface area contributed by atoms with Gasteiger partial charge in [0, 0.05) is 30.3 Å². The summed E-state index contributed by atoms with van der Waals surface area (Å²) >= 11 is 0. The lowest BCUT2D eigenvalue weighted by Gasteiger charge is -2.16. The van der Waals surface area contributed by atoms with E-state index in [2.05, 4.69) is 24.3 Å². The zero-order chi connectivity index (χ0) is 17.1. The van der Waals surface area contributed by atoms with Crippen molar-refractivity contribution in [2.45, 2.75) is 39.2 Å². The van der Waals surface area contributed by atoms with E-state index in [1.54, 1.807) is 29.3 Å². The minimum Gasteiger partial charge on any atom is -0.312 e. The Morgan fingerprint density at radius 1 is 1.29 bits per heavy atom.